The molecule has 0 saturated carbocycles. The molecule has 3 amide bonds. The molecule has 1 heterocycles. The largest absolute Gasteiger partial charge is 0.351 e. The van der Waals surface area contributed by atoms with Gasteiger partial charge in [0.05, 0.1) is 0 Å². The Morgan fingerprint density at radius 1 is 1.37 bits per heavy atom. The third kappa shape index (κ3) is 2.86. The van der Waals surface area contributed by atoms with Crippen LogP contribution in [0.15, 0.2) is 18.2 Å². The van der Waals surface area contributed by atoms with E-state index in [1.807, 2.05) is 32.0 Å². The molecule has 1 fully saturated rings. The number of nitrogens with one attached hydrogen (secondary N) is 1. The number of amides is 3. The number of rotatable bonds is 2. The van der Waals surface area contributed by atoms with Crippen LogP contribution in [0.25, 0.3) is 0 Å². The normalized spacial score (nSPS) is 18.4. The molecule has 2 rings (SSSR count). The Morgan fingerprint density at radius 3 is 2.79 bits per heavy atom. The number of carbonyl (C=O) groups excluding carboxylic acids is 2. The Hall–Kier alpha value is -2.04. The van der Waals surface area contributed by atoms with Crippen molar-refractivity contribution in [3.63, 3.8) is 0 Å². The van der Waals surface area contributed by atoms with Crippen molar-refractivity contribution < 1.29 is 9.59 Å². The Bertz CT molecular complexity index is 513. The molecule has 19 heavy (non-hydrogen) atoms. The molecule has 1 aromatic rings. The highest BCUT2D eigenvalue weighted by Crippen LogP contribution is 2.21. The molecule has 0 radical (unpaired) electrons. The molecule has 0 spiro atoms. The zero-order valence-electron chi connectivity index (χ0n) is 11.3. The van der Waals surface area contributed by atoms with E-state index in [1.54, 1.807) is 0 Å². The summed E-state index contributed by atoms with van der Waals surface area (Å²) in [4.78, 5) is 24.9. The number of likely N-dealkylation sites (tertiary alicyclic amines) is 1. The summed E-state index contributed by atoms with van der Waals surface area (Å²) in [6.07, 6.45) is 1.48. The fourth-order valence-electron chi connectivity index (χ4n) is 2.39. The predicted octanol–water partition coefficient (Wildman–Crippen LogP) is 1.79. The fraction of sp³-hybridized carbons (Fsp3) is 0.429. The third-order valence-electron chi connectivity index (χ3n) is 3.49. The molecule has 5 heteroatoms. The monoisotopic (exact) mass is 261 g/mol. The lowest BCUT2D eigenvalue weighted by atomic mass is 10.1. The maximum atomic E-state index is 12.2. The van der Waals surface area contributed by atoms with Crippen molar-refractivity contribution in [3.8, 4) is 0 Å². The molecule has 3 N–H and O–H groups in total. The molecule has 0 unspecified atom stereocenters. The van der Waals surface area contributed by atoms with E-state index in [0.29, 0.717) is 13.0 Å². The highest BCUT2D eigenvalue weighted by atomic mass is 16.2. The van der Waals surface area contributed by atoms with Gasteiger partial charge in [0.2, 0.25) is 5.91 Å². The van der Waals surface area contributed by atoms with Crippen LogP contribution in [0.4, 0.5) is 10.5 Å². The van der Waals surface area contributed by atoms with E-state index in [-0.39, 0.29) is 5.91 Å². The van der Waals surface area contributed by atoms with E-state index in [0.717, 1.165) is 23.2 Å². The zero-order valence-corrected chi connectivity index (χ0v) is 11.3. The molecule has 1 aromatic carbocycles. The van der Waals surface area contributed by atoms with E-state index in [9.17, 15) is 9.59 Å². The first-order valence-corrected chi connectivity index (χ1v) is 6.43. The molecular weight excluding hydrogens is 242 g/mol. The second-order valence-corrected chi connectivity index (χ2v) is 5.00. The number of anilines is 1. The highest BCUT2D eigenvalue weighted by Gasteiger charge is 2.33. The van der Waals surface area contributed by atoms with Crippen LogP contribution in [-0.4, -0.2) is 29.4 Å². The Balaban J connectivity index is 2.12. The van der Waals surface area contributed by atoms with Gasteiger partial charge in [0.15, 0.2) is 0 Å². The van der Waals surface area contributed by atoms with Crippen molar-refractivity contribution in [1.82, 2.24) is 4.90 Å². The number of carbonyl (C=O) groups is 2. The van der Waals surface area contributed by atoms with Crippen LogP contribution in [-0.2, 0) is 4.79 Å². The Morgan fingerprint density at radius 2 is 2.11 bits per heavy atom. The lowest BCUT2D eigenvalue weighted by Crippen LogP contribution is -2.45. The lowest BCUT2D eigenvalue weighted by Gasteiger charge is -2.22. The number of hydrogen-bond acceptors (Lipinski definition) is 2. The second kappa shape index (κ2) is 5.30. The first kappa shape index (κ1) is 13.4. The van der Waals surface area contributed by atoms with Gasteiger partial charge in [0, 0.05) is 12.2 Å². The predicted molar refractivity (Wildman–Crippen MR) is 73.9 cm³/mol. The average molecular weight is 261 g/mol. The van der Waals surface area contributed by atoms with Crippen LogP contribution in [0.2, 0.25) is 0 Å². The Kier molecular flexibility index (Phi) is 3.74. The van der Waals surface area contributed by atoms with Crippen LogP contribution < -0.4 is 11.1 Å². The number of benzene rings is 1. The summed E-state index contributed by atoms with van der Waals surface area (Å²) in [5.41, 5.74) is 8.16. The Labute approximate surface area is 112 Å². The SMILES string of the molecule is Cc1ccc(C)c(NC(=O)[C@@H]2CCCN2C(N)=O)c1. The van der Waals surface area contributed by atoms with Crippen molar-refractivity contribution in [3.05, 3.63) is 29.3 Å². The van der Waals surface area contributed by atoms with Gasteiger partial charge in [-0.1, -0.05) is 12.1 Å². The van der Waals surface area contributed by atoms with Crippen LogP contribution in [0.1, 0.15) is 24.0 Å². The van der Waals surface area contributed by atoms with Crippen molar-refractivity contribution in [2.24, 2.45) is 5.73 Å². The fourth-order valence-corrected chi connectivity index (χ4v) is 2.39. The quantitative estimate of drug-likeness (QED) is 0.851. The first-order valence-electron chi connectivity index (χ1n) is 6.43. The summed E-state index contributed by atoms with van der Waals surface area (Å²) in [5.74, 6) is -0.162. The summed E-state index contributed by atoms with van der Waals surface area (Å²) in [6.45, 7) is 4.47. The summed E-state index contributed by atoms with van der Waals surface area (Å²) in [5, 5.41) is 2.89. The van der Waals surface area contributed by atoms with Crippen LogP contribution in [0, 0.1) is 13.8 Å². The number of primary amides is 1. The van der Waals surface area contributed by atoms with Gasteiger partial charge in [0.25, 0.3) is 0 Å². The van der Waals surface area contributed by atoms with Gasteiger partial charge in [-0.15, -0.1) is 0 Å². The molecule has 0 bridgehead atoms. The van der Waals surface area contributed by atoms with Gasteiger partial charge < -0.3 is 16.0 Å². The summed E-state index contributed by atoms with van der Waals surface area (Å²) in [7, 11) is 0. The van der Waals surface area contributed by atoms with Gasteiger partial charge >= 0.3 is 6.03 Å². The topological polar surface area (TPSA) is 75.4 Å². The van der Waals surface area contributed by atoms with Gasteiger partial charge in [-0.25, -0.2) is 4.79 Å². The molecule has 1 aliphatic rings. The maximum Gasteiger partial charge on any atom is 0.315 e. The first-order chi connectivity index (χ1) is 8.99. The number of nitrogens with two attached hydrogens (primary N) is 1. The molecule has 1 saturated heterocycles. The van der Waals surface area contributed by atoms with Gasteiger partial charge in [-0.3, -0.25) is 4.79 Å². The van der Waals surface area contributed by atoms with Crippen molar-refractivity contribution >= 4 is 17.6 Å². The van der Waals surface area contributed by atoms with Crippen LogP contribution in [0.5, 0.6) is 0 Å². The van der Waals surface area contributed by atoms with E-state index in [2.05, 4.69) is 5.32 Å². The summed E-state index contributed by atoms with van der Waals surface area (Å²) >= 11 is 0. The number of aryl methyl sites for hydroxylation is 2. The molecule has 5 nitrogen and oxygen atoms in total. The lowest BCUT2D eigenvalue weighted by molar-refractivity contribution is -0.119. The average Bonchev–Trinajstić information content (AvgIpc) is 2.83. The van der Waals surface area contributed by atoms with Crippen molar-refractivity contribution in [2.45, 2.75) is 32.7 Å². The van der Waals surface area contributed by atoms with Crippen LogP contribution in [0.3, 0.4) is 0 Å². The molecule has 102 valence electrons. The minimum atomic E-state index is -0.529. The summed E-state index contributed by atoms with van der Waals surface area (Å²) < 4.78 is 0. The van der Waals surface area contributed by atoms with Crippen molar-refractivity contribution in [1.29, 1.82) is 0 Å². The zero-order chi connectivity index (χ0) is 14.0. The van der Waals surface area contributed by atoms with E-state index in [1.165, 1.54) is 4.90 Å². The third-order valence-corrected chi connectivity index (χ3v) is 3.49. The van der Waals surface area contributed by atoms with Gasteiger partial charge in [-0.05, 0) is 43.9 Å². The van der Waals surface area contributed by atoms with Crippen LogP contribution >= 0.6 is 0 Å². The standard InChI is InChI=1S/C14H19N3O2/c1-9-5-6-10(2)11(8-9)16-13(18)12-4-3-7-17(12)14(15)19/h5-6,8,12H,3-4,7H2,1-2H3,(H2,15,19)(H,16,18)/t12-/m0/s1. The number of hydrogen-bond donors (Lipinski definition) is 2. The minimum Gasteiger partial charge on any atom is -0.351 e. The molecule has 1 atom stereocenters. The van der Waals surface area contributed by atoms with E-state index in [4.69, 9.17) is 5.73 Å². The van der Waals surface area contributed by atoms with Gasteiger partial charge in [0.1, 0.15) is 6.04 Å². The number of nitrogens with zero attached hydrogens (tertiary/aromatic N) is 1. The van der Waals surface area contributed by atoms with E-state index < -0.39 is 12.1 Å². The van der Waals surface area contributed by atoms with Crippen molar-refractivity contribution in [2.75, 3.05) is 11.9 Å². The van der Waals surface area contributed by atoms with Gasteiger partial charge in [-0.2, -0.15) is 0 Å². The minimum absolute atomic E-state index is 0.162. The molecule has 0 aromatic heterocycles. The highest BCUT2D eigenvalue weighted by molar-refractivity contribution is 5.97. The number of urea groups is 1. The molecule has 0 aliphatic carbocycles. The van der Waals surface area contributed by atoms with E-state index >= 15 is 0 Å². The molecular formula is C14H19N3O2. The smallest absolute Gasteiger partial charge is 0.315 e. The maximum absolute atomic E-state index is 12.2. The second-order valence-electron chi connectivity index (χ2n) is 5.00. The molecule has 1 aliphatic heterocycles. The summed E-state index contributed by atoms with van der Waals surface area (Å²) in [6, 6.07) is 4.91.